The molecule has 0 unspecified atom stereocenters. The Bertz CT molecular complexity index is 920. The fourth-order valence-electron chi connectivity index (χ4n) is 2.80. The molecule has 0 saturated carbocycles. The number of cyclic esters (lactones) is 2. The summed E-state index contributed by atoms with van der Waals surface area (Å²) in [5.74, 6) is -1.67. The van der Waals surface area contributed by atoms with Gasteiger partial charge in [-0.2, -0.15) is 0 Å². The van der Waals surface area contributed by atoms with E-state index in [-0.39, 0.29) is 5.57 Å². The van der Waals surface area contributed by atoms with Crippen molar-refractivity contribution < 1.29 is 28.5 Å². The Kier molecular flexibility index (Phi) is 5.40. The molecule has 0 aliphatic carbocycles. The molecule has 0 bridgehead atoms. The van der Waals surface area contributed by atoms with Crippen molar-refractivity contribution in [3.05, 3.63) is 64.7 Å². The van der Waals surface area contributed by atoms with Gasteiger partial charge in [-0.3, -0.25) is 0 Å². The van der Waals surface area contributed by atoms with E-state index in [9.17, 15) is 9.59 Å². The number of ether oxygens (including phenoxy) is 4. The molecule has 28 heavy (non-hydrogen) atoms. The van der Waals surface area contributed by atoms with E-state index in [0.29, 0.717) is 23.7 Å². The van der Waals surface area contributed by atoms with Gasteiger partial charge >= 0.3 is 11.9 Å². The van der Waals surface area contributed by atoms with E-state index >= 15 is 0 Å². The Hall–Kier alpha value is -3.28. The van der Waals surface area contributed by atoms with E-state index in [1.54, 1.807) is 18.2 Å². The van der Waals surface area contributed by atoms with E-state index in [1.165, 1.54) is 27.0 Å². The Balaban J connectivity index is 1.79. The van der Waals surface area contributed by atoms with Crippen LogP contribution in [0.5, 0.6) is 11.5 Å². The molecule has 0 atom stereocenters. The third-order valence-electron chi connectivity index (χ3n) is 4.09. The minimum absolute atomic E-state index is 0.171. The summed E-state index contributed by atoms with van der Waals surface area (Å²) in [4.78, 5) is 24.2. The fourth-order valence-corrected chi connectivity index (χ4v) is 2.80. The minimum Gasteiger partial charge on any atom is -0.493 e. The predicted molar refractivity (Wildman–Crippen MR) is 103 cm³/mol. The highest BCUT2D eigenvalue weighted by Gasteiger charge is 2.38. The van der Waals surface area contributed by atoms with Crippen LogP contribution in [0.2, 0.25) is 0 Å². The van der Waals surface area contributed by atoms with Crippen LogP contribution >= 0.6 is 0 Å². The van der Waals surface area contributed by atoms with Crippen molar-refractivity contribution in [1.29, 1.82) is 0 Å². The van der Waals surface area contributed by atoms with Gasteiger partial charge in [0.1, 0.15) is 12.2 Å². The van der Waals surface area contributed by atoms with Crippen LogP contribution < -0.4 is 9.47 Å². The highest BCUT2D eigenvalue weighted by molar-refractivity contribution is 6.18. The van der Waals surface area contributed by atoms with Gasteiger partial charge in [0.2, 0.25) is 0 Å². The minimum atomic E-state index is -1.27. The molecular weight excluding hydrogens is 360 g/mol. The SMILES string of the molecule is COc1cc(C=C2C(=O)OC(C)(C)OC2=O)ccc1OCc1cccc(C)c1. The first-order chi connectivity index (χ1) is 13.3. The van der Waals surface area contributed by atoms with E-state index in [1.807, 2.05) is 31.2 Å². The predicted octanol–water partition coefficient (Wildman–Crippen LogP) is 3.80. The first-order valence-corrected chi connectivity index (χ1v) is 8.82. The summed E-state index contributed by atoms with van der Waals surface area (Å²) in [7, 11) is 1.53. The zero-order valence-electron chi connectivity index (χ0n) is 16.3. The molecule has 6 nitrogen and oxygen atoms in total. The first-order valence-electron chi connectivity index (χ1n) is 8.82. The Morgan fingerprint density at radius 3 is 2.36 bits per heavy atom. The molecule has 1 aliphatic heterocycles. The van der Waals surface area contributed by atoms with E-state index < -0.39 is 17.7 Å². The smallest absolute Gasteiger partial charge is 0.348 e. The lowest BCUT2D eigenvalue weighted by Crippen LogP contribution is -2.41. The average Bonchev–Trinajstić information content (AvgIpc) is 2.62. The van der Waals surface area contributed by atoms with Gasteiger partial charge in [-0.15, -0.1) is 0 Å². The number of carbonyl (C=O) groups excluding carboxylic acids is 2. The van der Waals surface area contributed by atoms with Gasteiger partial charge in [0, 0.05) is 13.8 Å². The second-order valence-corrected chi connectivity index (χ2v) is 6.92. The number of aryl methyl sites for hydroxylation is 1. The van der Waals surface area contributed by atoms with Gasteiger partial charge in [-0.25, -0.2) is 9.59 Å². The van der Waals surface area contributed by atoms with Crippen LogP contribution in [-0.2, 0) is 25.7 Å². The topological polar surface area (TPSA) is 71.1 Å². The fraction of sp³-hybridized carbons (Fsp3) is 0.273. The standard InChI is InChI=1S/C22H22O6/c1-14-6-5-7-16(10-14)13-26-18-9-8-15(12-19(18)25-4)11-17-20(23)27-22(2,3)28-21(17)24/h5-12H,13H2,1-4H3. The second kappa shape index (κ2) is 7.76. The molecule has 0 amide bonds. The molecule has 3 rings (SSSR count). The Labute approximate surface area is 163 Å². The summed E-state index contributed by atoms with van der Waals surface area (Å²) >= 11 is 0. The van der Waals surface area contributed by atoms with E-state index in [2.05, 4.69) is 0 Å². The van der Waals surface area contributed by atoms with Crippen molar-refractivity contribution in [2.75, 3.05) is 7.11 Å². The molecule has 1 saturated heterocycles. The lowest BCUT2D eigenvalue weighted by molar-refractivity contribution is -0.222. The summed E-state index contributed by atoms with van der Waals surface area (Å²) < 4.78 is 21.4. The van der Waals surface area contributed by atoms with Crippen LogP contribution in [0, 0.1) is 6.92 Å². The van der Waals surface area contributed by atoms with E-state index in [4.69, 9.17) is 18.9 Å². The van der Waals surface area contributed by atoms with Crippen molar-refractivity contribution in [2.45, 2.75) is 33.2 Å². The summed E-state index contributed by atoms with van der Waals surface area (Å²) in [6.45, 7) is 5.42. The van der Waals surface area contributed by atoms with Crippen LogP contribution in [0.25, 0.3) is 6.08 Å². The van der Waals surface area contributed by atoms with Crippen LogP contribution in [0.15, 0.2) is 48.0 Å². The van der Waals surface area contributed by atoms with Crippen LogP contribution in [0.3, 0.4) is 0 Å². The number of benzene rings is 2. The molecule has 0 radical (unpaired) electrons. The zero-order chi connectivity index (χ0) is 20.3. The summed E-state index contributed by atoms with van der Waals surface area (Å²) in [5, 5.41) is 0. The highest BCUT2D eigenvalue weighted by Crippen LogP contribution is 2.31. The molecule has 146 valence electrons. The summed E-state index contributed by atoms with van der Waals surface area (Å²) in [6.07, 6.45) is 1.41. The number of hydrogen-bond donors (Lipinski definition) is 0. The van der Waals surface area contributed by atoms with Gasteiger partial charge < -0.3 is 18.9 Å². The molecule has 0 N–H and O–H groups in total. The Morgan fingerprint density at radius 1 is 1.00 bits per heavy atom. The van der Waals surface area contributed by atoms with Gasteiger partial charge in [0.05, 0.1) is 7.11 Å². The maximum Gasteiger partial charge on any atom is 0.348 e. The molecule has 6 heteroatoms. The molecular formula is C22H22O6. The van der Waals surface area contributed by atoms with Crippen molar-refractivity contribution in [2.24, 2.45) is 0 Å². The quantitative estimate of drug-likeness (QED) is 0.445. The van der Waals surface area contributed by atoms with Gasteiger partial charge in [-0.1, -0.05) is 35.9 Å². The third-order valence-corrected chi connectivity index (χ3v) is 4.09. The zero-order valence-corrected chi connectivity index (χ0v) is 16.3. The number of rotatable bonds is 5. The van der Waals surface area contributed by atoms with Crippen molar-refractivity contribution in [1.82, 2.24) is 0 Å². The molecule has 1 heterocycles. The summed E-state index contributed by atoms with van der Waals surface area (Å²) in [6, 6.07) is 13.2. The molecule has 1 aliphatic rings. The van der Waals surface area contributed by atoms with Gasteiger partial charge in [-0.05, 0) is 36.3 Å². The number of hydrogen-bond acceptors (Lipinski definition) is 6. The van der Waals surface area contributed by atoms with Crippen molar-refractivity contribution >= 4 is 18.0 Å². The monoisotopic (exact) mass is 382 g/mol. The first kappa shape index (κ1) is 19.5. The van der Waals surface area contributed by atoms with Crippen LogP contribution in [-0.4, -0.2) is 24.8 Å². The number of esters is 2. The maximum atomic E-state index is 12.1. The molecule has 1 fully saturated rings. The van der Waals surface area contributed by atoms with Gasteiger partial charge in [0.15, 0.2) is 11.5 Å². The van der Waals surface area contributed by atoms with Gasteiger partial charge in [0.25, 0.3) is 5.79 Å². The molecule has 0 spiro atoms. The van der Waals surface area contributed by atoms with Crippen LogP contribution in [0.4, 0.5) is 0 Å². The lowest BCUT2D eigenvalue weighted by atomic mass is 10.1. The molecule has 2 aromatic rings. The maximum absolute atomic E-state index is 12.1. The number of carbonyl (C=O) groups is 2. The average molecular weight is 382 g/mol. The second-order valence-electron chi connectivity index (χ2n) is 6.92. The number of methoxy groups -OCH3 is 1. The normalized spacial score (nSPS) is 15.5. The molecule has 0 aromatic heterocycles. The molecule has 2 aromatic carbocycles. The highest BCUT2D eigenvalue weighted by atomic mass is 16.7. The van der Waals surface area contributed by atoms with Crippen LogP contribution in [0.1, 0.15) is 30.5 Å². The lowest BCUT2D eigenvalue weighted by Gasteiger charge is -2.29. The van der Waals surface area contributed by atoms with Crippen molar-refractivity contribution in [3.8, 4) is 11.5 Å². The van der Waals surface area contributed by atoms with E-state index in [0.717, 1.165) is 11.1 Å². The third kappa shape index (κ3) is 4.52. The largest absolute Gasteiger partial charge is 0.493 e. The van der Waals surface area contributed by atoms with Crippen molar-refractivity contribution in [3.63, 3.8) is 0 Å². The summed E-state index contributed by atoms with van der Waals surface area (Å²) in [5.41, 5.74) is 2.62. The Morgan fingerprint density at radius 2 is 1.71 bits per heavy atom.